The van der Waals surface area contributed by atoms with Gasteiger partial charge in [0.25, 0.3) is 0 Å². The number of hydrogen-bond acceptors (Lipinski definition) is 6. The quantitative estimate of drug-likeness (QED) is 0.477. The summed E-state index contributed by atoms with van der Waals surface area (Å²) in [7, 11) is -3.29. The van der Waals surface area contributed by atoms with E-state index in [4.69, 9.17) is 5.11 Å². The molecule has 0 saturated carbocycles. The Bertz CT molecular complexity index is 555. The Balaban J connectivity index is 2.44. The lowest BCUT2D eigenvalue weighted by molar-refractivity contribution is -0.139. The Morgan fingerprint density at radius 3 is 2.70 bits per heavy atom. The molecule has 1 unspecified atom stereocenters. The van der Waals surface area contributed by atoms with E-state index in [0.717, 1.165) is 6.26 Å². The second-order valence-corrected chi connectivity index (χ2v) is 6.33. The summed E-state index contributed by atoms with van der Waals surface area (Å²) in [5, 5.41) is 19.5. The predicted octanol–water partition coefficient (Wildman–Crippen LogP) is -1.51. The van der Waals surface area contributed by atoms with E-state index in [9.17, 15) is 18.0 Å². The molecule has 2 amide bonds. The van der Waals surface area contributed by atoms with Crippen molar-refractivity contribution in [3.8, 4) is 0 Å². The number of H-pyrrole nitrogens is 1. The van der Waals surface area contributed by atoms with Crippen molar-refractivity contribution in [1.29, 1.82) is 0 Å². The number of urea groups is 1. The summed E-state index contributed by atoms with van der Waals surface area (Å²) < 4.78 is 22.0. The van der Waals surface area contributed by atoms with Crippen molar-refractivity contribution in [3.63, 3.8) is 0 Å². The van der Waals surface area contributed by atoms with Gasteiger partial charge in [-0.2, -0.15) is 5.10 Å². The fourth-order valence-electron chi connectivity index (χ4n) is 1.28. The first kappa shape index (κ1) is 15.9. The maximum atomic E-state index is 11.5. The Labute approximate surface area is 114 Å². The van der Waals surface area contributed by atoms with Crippen LogP contribution in [0.4, 0.5) is 4.79 Å². The SMILES string of the molecule is CS(=O)(=O)CCC(NC(=O)NCc1ncn[nH]1)C(=O)O. The summed E-state index contributed by atoms with van der Waals surface area (Å²) >= 11 is 0. The van der Waals surface area contributed by atoms with Crippen LogP contribution in [0.2, 0.25) is 0 Å². The molecule has 0 bridgehead atoms. The van der Waals surface area contributed by atoms with Crippen LogP contribution in [-0.4, -0.2) is 58.8 Å². The number of nitrogens with one attached hydrogen (secondary N) is 3. The first-order valence-corrected chi connectivity index (χ1v) is 7.63. The van der Waals surface area contributed by atoms with E-state index in [1.807, 2.05) is 0 Å². The van der Waals surface area contributed by atoms with E-state index >= 15 is 0 Å². The molecule has 0 saturated heterocycles. The predicted molar refractivity (Wildman–Crippen MR) is 67.5 cm³/mol. The number of aliphatic carboxylic acids is 1. The molecule has 0 radical (unpaired) electrons. The molecule has 0 aromatic carbocycles. The molecule has 20 heavy (non-hydrogen) atoms. The van der Waals surface area contributed by atoms with Gasteiger partial charge < -0.3 is 15.7 Å². The third-order valence-corrected chi connectivity index (χ3v) is 3.24. The van der Waals surface area contributed by atoms with Crippen molar-refractivity contribution in [2.45, 2.75) is 19.0 Å². The fraction of sp³-hybridized carbons (Fsp3) is 0.556. The van der Waals surface area contributed by atoms with E-state index in [0.29, 0.717) is 5.82 Å². The average molecular weight is 305 g/mol. The number of rotatable bonds is 7. The number of aromatic nitrogens is 3. The van der Waals surface area contributed by atoms with E-state index in [1.165, 1.54) is 6.33 Å². The van der Waals surface area contributed by atoms with Gasteiger partial charge in [-0.05, 0) is 6.42 Å². The lowest BCUT2D eigenvalue weighted by Crippen LogP contribution is -2.46. The standard InChI is InChI=1S/C9H15N5O5S/c1-20(18,19)3-2-6(8(15)16)13-9(17)10-4-7-11-5-12-14-7/h5-6H,2-4H2,1H3,(H,15,16)(H2,10,13,17)(H,11,12,14). The highest BCUT2D eigenvalue weighted by molar-refractivity contribution is 7.90. The zero-order chi connectivity index (χ0) is 15.2. The van der Waals surface area contributed by atoms with Gasteiger partial charge in [-0.25, -0.2) is 23.0 Å². The van der Waals surface area contributed by atoms with Gasteiger partial charge in [-0.1, -0.05) is 0 Å². The van der Waals surface area contributed by atoms with Crippen LogP contribution in [-0.2, 0) is 21.2 Å². The van der Waals surface area contributed by atoms with E-state index in [2.05, 4.69) is 25.8 Å². The maximum Gasteiger partial charge on any atom is 0.326 e. The fourth-order valence-corrected chi connectivity index (χ4v) is 1.94. The van der Waals surface area contributed by atoms with Gasteiger partial charge >= 0.3 is 12.0 Å². The molecule has 0 aliphatic carbocycles. The summed E-state index contributed by atoms with van der Waals surface area (Å²) in [6, 6.07) is -2.01. The molecule has 1 atom stereocenters. The molecule has 1 rings (SSSR count). The Morgan fingerprint density at radius 1 is 1.50 bits per heavy atom. The molecule has 11 heteroatoms. The minimum absolute atomic E-state index is 0.0459. The smallest absolute Gasteiger partial charge is 0.326 e. The molecular weight excluding hydrogens is 290 g/mol. The second kappa shape index (κ2) is 6.84. The van der Waals surface area contributed by atoms with Crippen LogP contribution < -0.4 is 10.6 Å². The molecule has 0 aliphatic rings. The lowest BCUT2D eigenvalue weighted by atomic mass is 10.2. The van der Waals surface area contributed by atoms with Gasteiger partial charge in [0.05, 0.1) is 12.3 Å². The average Bonchev–Trinajstić information content (AvgIpc) is 2.83. The number of sulfone groups is 1. The van der Waals surface area contributed by atoms with E-state index in [1.54, 1.807) is 0 Å². The highest BCUT2D eigenvalue weighted by Crippen LogP contribution is 1.97. The highest BCUT2D eigenvalue weighted by Gasteiger charge is 2.21. The number of aromatic amines is 1. The molecule has 1 heterocycles. The molecular formula is C9H15N5O5S. The molecule has 1 aromatic rings. The second-order valence-electron chi connectivity index (χ2n) is 4.07. The van der Waals surface area contributed by atoms with Crippen molar-refractivity contribution >= 4 is 21.8 Å². The van der Waals surface area contributed by atoms with Crippen LogP contribution in [0.1, 0.15) is 12.2 Å². The summed E-state index contributed by atoms with van der Waals surface area (Å²) in [5.74, 6) is -1.22. The third kappa shape index (κ3) is 6.13. The normalized spacial score (nSPS) is 12.7. The van der Waals surface area contributed by atoms with Crippen LogP contribution in [0.15, 0.2) is 6.33 Å². The van der Waals surface area contributed by atoms with Gasteiger partial charge in [-0.15, -0.1) is 0 Å². The zero-order valence-corrected chi connectivity index (χ0v) is 11.5. The third-order valence-electron chi connectivity index (χ3n) is 2.26. The van der Waals surface area contributed by atoms with Crippen molar-refractivity contribution in [1.82, 2.24) is 25.8 Å². The first-order valence-electron chi connectivity index (χ1n) is 5.57. The van der Waals surface area contributed by atoms with Gasteiger partial charge in [0.2, 0.25) is 0 Å². The molecule has 1 aromatic heterocycles. The first-order chi connectivity index (χ1) is 9.28. The lowest BCUT2D eigenvalue weighted by Gasteiger charge is -2.14. The van der Waals surface area contributed by atoms with Crippen LogP contribution in [0.3, 0.4) is 0 Å². The zero-order valence-electron chi connectivity index (χ0n) is 10.7. The Morgan fingerprint density at radius 2 is 2.20 bits per heavy atom. The molecule has 0 spiro atoms. The van der Waals surface area contributed by atoms with Crippen LogP contribution in [0.5, 0.6) is 0 Å². The number of carboxylic acid groups (broad SMARTS) is 1. The number of carboxylic acids is 1. The topological polar surface area (TPSA) is 154 Å². The molecule has 4 N–H and O–H groups in total. The largest absolute Gasteiger partial charge is 0.480 e. The van der Waals surface area contributed by atoms with Crippen molar-refractivity contribution in [2.24, 2.45) is 0 Å². The number of carbonyl (C=O) groups excluding carboxylic acids is 1. The molecule has 10 nitrogen and oxygen atoms in total. The van der Waals surface area contributed by atoms with Crippen molar-refractivity contribution in [2.75, 3.05) is 12.0 Å². The maximum absolute atomic E-state index is 11.5. The summed E-state index contributed by atoms with van der Waals surface area (Å²) in [5.41, 5.74) is 0. The van der Waals surface area contributed by atoms with Gasteiger partial charge in [-0.3, -0.25) is 5.10 Å². The number of hydrogen-bond donors (Lipinski definition) is 4. The highest BCUT2D eigenvalue weighted by atomic mass is 32.2. The Hall–Kier alpha value is -2.17. The monoisotopic (exact) mass is 305 g/mol. The van der Waals surface area contributed by atoms with Crippen LogP contribution >= 0.6 is 0 Å². The number of carbonyl (C=O) groups is 2. The Kier molecular flexibility index (Phi) is 5.43. The molecule has 0 fully saturated rings. The van der Waals surface area contributed by atoms with Crippen LogP contribution in [0.25, 0.3) is 0 Å². The van der Waals surface area contributed by atoms with Crippen molar-refractivity contribution < 1.29 is 23.1 Å². The number of amides is 2. The van der Waals surface area contributed by atoms with Gasteiger partial charge in [0.15, 0.2) is 0 Å². The number of nitrogens with zero attached hydrogens (tertiary/aromatic N) is 2. The van der Waals surface area contributed by atoms with E-state index in [-0.39, 0.29) is 18.7 Å². The molecule has 0 aliphatic heterocycles. The summed E-state index contributed by atoms with van der Waals surface area (Å²) in [6.07, 6.45) is 2.06. The van der Waals surface area contributed by atoms with Crippen LogP contribution in [0, 0.1) is 0 Å². The minimum Gasteiger partial charge on any atom is -0.480 e. The summed E-state index contributed by atoms with van der Waals surface area (Å²) in [6.45, 7) is 0.0459. The van der Waals surface area contributed by atoms with Crippen molar-refractivity contribution in [3.05, 3.63) is 12.2 Å². The van der Waals surface area contributed by atoms with E-state index < -0.39 is 27.9 Å². The molecule has 112 valence electrons. The van der Waals surface area contributed by atoms with Gasteiger partial charge in [0.1, 0.15) is 28.0 Å². The van der Waals surface area contributed by atoms with Gasteiger partial charge in [0, 0.05) is 6.26 Å². The summed E-state index contributed by atoms with van der Waals surface area (Å²) in [4.78, 5) is 26.2. The minimum atomic E-state index is -3.29.